The van der Waals surface area contributed by atoms with Gasteiger partial charge in [0, 0.05) is 22.5 Å². The van der Waals surface area contributed by atoms with E-state index in [1.165, 1.54) is 50.2 Å². The van der Waals surface area contributed by atoms with Gasteiger partial charge < -0.3 is 14.9 Å². The number of aryl methyl sites for hydroxylation is 3. The molecule has 8 rings (SSSR count). The third-order valence-electron chi connectivity index (χ3n) is 10.5. The van der Waals surface area contributed by atoms with E-state index in [1.807, 2.05) is 24.3 Å². The van der Waals surface area contributed by atoms with Crippen molar-refractivity contribution in [3.63, 3.8) is 0 Å². The fraction of sp³-hybridized carbons (Fsp3) is 0.173. The number of halogens is 1. The standard InChI is InChI=1S/C36H34N2O.C16H16O.HI.Ru/c1-25-22-26(2)34(27(3)23-25)38-24-37(32-20-12-10-18-30(32)31-19-11-13-21-33(31)39)35(28-14-6-4-7-15-28)36(38)29-16-8-5-9-17-29;1-12(2)17-16-13(3)8-7-11-15(16)14-9-5-4-6-10-14;;/h4-23,35-36,39H,24H2,1-3H3;3-12H,1-2H3;1H;/q;;;+1/p-1/t35-,36-;;;/m0.../s1. The van der Waals surface area contributed by atoms with Gasteiger partial charge in [0.05, 0.1) is 18.8 Å². The summed E-state index contributed by atoms with van der Waals surface area (Å²) in [6.45, 7) is 11.5. The van der Waals surface area contributed by atoms with Crippen molar-refractivity contribution in [2.24, 2.45) is 0 Å². The van der Waals surface area contributed by atoms with Crippen LogP contribution in [0.2, 0.25) is 0 Å². The maximum atomic E-state index is 10.8. The van der Waals surface area contributed by atoms with E-state index in [2.05, 4.69) is 208 Å². The summed E-state index contributed by atoms with van der Waals surface area (Å²) >= 11 is 2.68. The van der Waals surface area contributed by atoms with Gasteiger partial charge in [0.1, 0.15) is 5.75 Å². The molecule has 2 atom stereocenters. The second kappa shape index (κ2) is 19.1. The Bertz CT molecular complexity index is 2450. The summed E-state index contributed by atoms with van der Waals surface area (Å²) in [4.78, 5) is 5.10. The first-order valence-corrected chi connectivity index (χ1v) is 25.9. The maximum Gasteiger partial charge on any atom is 0.123 e. The Kier molecular flexibility index (Phi) is 13.6. The number of hydrogen-bond donors (Lipinski definition) is 1. The van der Waals surface area contributed by atoms with Gasteiger partial charge in [0.15, 0.2) is 0 Å². The Morgan fingerprint density at radius 2 is 1.14 bits per heavy atom. The molecule has 0 aliphatic carbocycles. The summed E-state index contributed by atoms with van der Waals surface area (Å²) in [6, 6.07) is 59.4. The zero-order valence-corrected chi connectivity index (χ0v) is 37.6. The topological polar surface area (TPSA) is 35.9 Å². The zero-order valence-electron chi connectivity index (χ0n) is 33.7. The van der Waals surface area contributed by atoms with Crippen molar-refractivity contribution in [3.05, 3.63) is 203 Å². The number of phenols is 1. The van der Waals surface area contributed by atoms with Crippen LogP contribution in [0.3, 0.4) is 0 Å². The smallest absolute Gasteiger partial charge is 0.123 e. The molecule has 1 heterocycles. The van der Waals surface area contributed by atoms with Crippen LogP contribution in [-0.4, -0.2) is 22.5 Å². The van der Waals surface area contributed by atoms with E-state index < -0.39 is 0 Å². The molecule has 0 bridgehead atoms. The van der Waals surface area contributed by atoms with E-state index in [0.29, 0.717) is 12.4 Å². The van der Waals surface area contributed by atoms with Gasteiger partial charge in [-0.1, -0.05) is 115 Å². The molecule has 7 aromatic rings. The van der Waals surface area contributed by atoms with Gasteiger partial charge in [-0.3, -0.25) is 0 Å². The summed E-state index contributed by atoms with van der Waals surface area (Å²) < 4.78 is 8.35. The molecule has 6 heteroatoms. The third-order valence-corrected chi connectivity index (χ3v) is 12.6. The summed E-state index contributed by atoms with van der Waals surface area (Å²) in [5, 5.41) is 10.8. The van der Waals surface area contributed by atoms with E-state index in [4.69, 9.17) is 4.74 Å². The number of nitrogens with zero attached hydrogens (tertiary/aromatic N) is 2. The van der Waals surface area contributed by atoms with Gasteiger partial charge in [-0.2, -0.15) is 0 Å². The number of anilines is 2. The van der Waals surface area contributed by atoms with Crippen LogP contribution in [0.1, 0.15) is 59.3 Å². The van der Waals surface area contributed by atoms with Crippen LogP contribution in [0.15, 0.2) is 170 Å². The molecule has 0 unspecified atom stereocenters. The molecule has 0 spiro atoms. The van der Waals surface area contributed by atoms with Gasteiger partial charge in [0.25, 0.3) is 0 Å². The molecular formula is C52H50IN2O2Ru. The average molecular weight is 963 g/mol. The molecule has 0 radical (unpaired) electrons. The second-order valence-corrected chi connectivity index (χ2v) is 18.5. The minimum atomic E-state index is 0.0562. The second-order valence-electron chi connectivity index (χ2n) is 15.0. The van der Waals surface area contributed by atoms with E-state index >= 15 is 0 Å². The van der Waals surface area contributed by atoms with Crippen LogP contribution >= 0.6 is 19.8 Å². The molecule has 1 aliphatic heterocycles. The first-order chi connectivity index (χ1) is 28.2. The maximum absolute atomic E-state index is 10.8. The molecule has 7 aromatic carbocycles. The first-order valence-electron chi connectivity index (χ1n) is 19.7. The molecule has 0 aromatic heterocycles. The molecule has 1 fully saturated rings. The number of benzene rings is 7. The summed E-state index contributed by atoms with van der Waals surface area (Å²) in [5.41, 5.74) is 14.3. The van der Waals surface area contributed by atoms with Gasteiger partial charge in [-0.15, -0.1) is 0 Å². The van der Waals surface area contributed by atoms with Crippen LogP contribution < -0.4 is 14.5 Å². The fourth-order valence-corrected chi connectivity index (χ4v) is 10.3. The van der Waals surface area contributed by atoms with Gasteiger partial charge >= 0.3 is 133 Å². The first kappa shape index (κ1) is 41.1. The van der Waals surface area contributed by atoms with Crippen molar-refractivity contribution in [1.82, 2.24) is 0 Å². The van der Waals surface area contributed by atoms with E-state index in [9.17, 15) is 5.11 Å². The quantitative estimate of drug-likeness (QED) is 0.116. The Hall–Kier alpha value is -5.04. The number of para-hydroxylation sites is 3. The van der Waals surface area contributed by atoms with E-state index in [1.54, 1.807) is 6.07 Å². The number of rotatable bonds is 9. The van der Waals surface area contributed by atoms with E-state index in [0.717, 1.165) is 22.6 Å². The molecular weight excluding hydrogens is 913 g/mol. The Labute approximate surface area is 362 Å². The number of aromatic hydroxyl groups is 1. The van der Waals surface area contributed by atoms with Crippen molar-refractivity contribution >= 4 is 35.7 Å². The fourth-order valence-electron chi connectivity index (χ4n) is 8.31. The normalized spacial score (nSPS) is 15.2. The van der Waals surface area contributed by atoms with Crippen molar-refractivity contribution in [2.45, 2.75) is 52.8 Å². The molecule has 1 saturated heterocycles. The van der Waals surface area contributed by atoms with Crippen molar-refractivity contribution in [3.8, 4) is 33.8 Å². The molecule has 4 nitrogen and oxygen atoms in total. The average Bonchev–Trinajstić information content (AvgIpc) is 3.62. The summed E-state index contributed by atoms with van der Waals surface area (Å²) in [5.74, 6) is 1.30. The molecule has 0 amide bonds. The number of hydrogen-bond acceptors (Lipinski definition) is 4. The van der Waals surface area contributed by atoms with Crippen LogP contribution in [0.4, 0.5) is 11.4 Å². The van der Waals surface area contributed by atoms with Crippen LogP contribution in [0, 0.1) is 20.8 Å². The monoisotopic (exact) mass is 963 g/mol. The van der Waals surface area contributed by atoms with Crippen molar-refractivity contribution in [2.75, 3.05) is 16.5 Å². The summed E-state index contributed by atoms with van der Waals surface area (Å²) in [6.07, 6.45) is 0.182. The van der Waals surface area contributed by atoms with Gasteiger partial charge in [-0.25, -0.2) is 0 Å². The van der Waals surface area contributed by atoms with Gasteiger partial charge in [0.2, 0.25) is 0 Å². The Morgan fingerprint density at radius 1 is 0.621 bits per heavy atom. The Balaban J connectivity index is 0.000000226. The van der Waals surface area contributed by atoms with Crippen LogP contribution in [0.25, 0.3) is 22.3 Å². The van der Waals surface area contributed by atoms with Crippen molar-refractivity contribution in [1.29, 1.82) is 0 Å². The Morgan fingerprint density at radius 3 is 1.72 bits per heavy atom. The van der Waals surface area contributed by atoms with Crippen LogP contribution in [-0.2, 0) is 13.2 Å². The van der Waals surface area contributed by atoms with Gasteiger partial charge in [-0.05, 0) is 55.2 Å². The minimum absolute atomic E-state index is 0.0562. The zero-order chi connectivity index (χ0) is 40.6. The van der Waals surface area contributed by atoms with Crippen molar-refractivity contribution < 1.29 is 23.0 Å². The molecule has 0 saturated carbocycles. The van der Waals surface area contributed by atoms with Crippen LogP contribution in [0.5, 0.6) is 11.5 Å². The predicted octanol–water partition coefficient (Wildman–Crippen LogP) is 13.5. The summed E-state index contributed by atoms with van der Waals surface area (Å²) in [7, 11) is 0. The molecule has 1 aliphatic rings. The number of ether oxygens (including phenoxy) is 1. The van der Waals surface area contributed by atoms with E-state index in [-0.39, 0.29) is 31.3 Å². The number of phenolic OH excluding ortho intramolecular Hbond substituents is 1. The minimum Gasteiger partial charge on any atom is -0.507 e. The molecule has 58 heavy (non-hydrogen) atoms. The predicted molar refractivity (Wildman–Crippen MR) is 249 cm³/mol. The third kappa shape index (κ3) is 9.14. The largest absolute Gasteiger partial charge is 0.507 e. The molecule has 295 valence electrons. The molecule has 1 N–H and O–H groups in total. The SMILES string of the molecule is CC(C)Oc1c([CH]=[Ru][I])cccc1-c1ccccc1.Cc1cc(C)c(N2CN(c3ccccc3-c3ccccc3O)[C@@H](c3ccccc3)[C@@H]2c2ccccc2)c(C)c1.